The van der Waals surface area contributed by atoms with Crippen LogP contribution in [0.4, 0.5) is 11.5 Å². The molecule has 0 spiro atoms. The average molecular weight is 369 g/mol. The molecule has 1 saturated heterocycles. The summed E-state index contributed by atoms with van der Waals surface area (Å²) in [6.07, 6.45) is 8.97. The molecule has 0 bridgehead atoms. The standard InChI is InChI=1S/C19H23N5OS/c1-14-16(18(22-13-21-14)24-9-5-4-6-10-24)8-7-15-11-17(23-26-3)19(25-2)20-12-15/h11-13,23H,4-6,9-10H2,1-3H3. The number of pyridine rings is 1. The Morgan fingerprint density at radius 2 is 1.96 bits per heavy atom. The van der Waals surface area contributed by atoms with Gasteiger partial charge in [-0.1, -0.05) is 23.8 Å². The van der Waals surface area contributed by atoms with Crippen LogP contribution in [-0.2, 0) is 0 Å². The van der Waals surface area contributed by atoms with Crippen molar-refractivity contribution in [3.63, 3.8) is 0 Å². The predicted molar refractivity (Wildman–Crippen MR) is 107 cm³/mol. The Hall–Kier alpha value is -2.46. The number of hydrogen-bond acceptors (Lipinski definition) is 7. The summed E-state index contributed by atoms with van der Waals surface area (Å²) in [6, 6.07) is 1.94. The van der Waals surface area contributed by atoms with Crippen molar-refractivity contribution >= 4 is 23.5 Å². The first kappa shape index (κ1) is 18.3. The van der Waals surface area contributed by atoms with E-state index in [1.54, 1.807) is 19.6 Å². The molecule has 0 aliphatic carbocycles. The Morgan fingerprint density at radius 1 is 1.15 bits per heavy atom. The second kappa shape index (κ2) is 8.77. The lowest BCUT2D eigenvalue weighted by atomic mass is 10.1. The van der Waals surface area contributed by atoms with E-state index in [1.807, 2.05) is 19.2 Å². The quantitative estimate of drug-likeness (QED) is 0.655. The predicted octanol–water partition coefficient (Wildman–Crippen LogP) is 3.27. The van der Waals surface area contributed by atoms with Gasteiger partial charge in [0.1, 0.15) is 17.8 Å². The second-order valence-electron chi connectivity index (χ2n) is 6.04. The molecule has 0 saturated carbocycles. The van der Waals surface area contributed by atoms with Gasteiger partial charge in [0.25, 0.3) is 0 Å². The summed E-state index contributed by atoms with van der Waals surface area (Å²) in [5.74, 6) is 7.97. The zero-order chi connectivity index (χ0) is 18.4. The van der Waals surface area contributed by atoms with Crippen molar-refractivity contribution in [2.24, 2.45) is 0 Å². The third-order valence-electron chi connectivity index (χ3n) is 4.26. The molecule has 0 aromatic carbocycles. The van der Waals surface area contributed by atoms with E-state index in [9.17, 15) is 0 Å². The first-order chi connectivity index (χ1) is 12.7. The normalized spacial score (nSPS) is 13.7. The molecule has 6 nitrogen and oxygen atoms in total. The van der Waals surface area contributed by atoms with E-state index in [0.29, 0.717) is 5.88 Å². The molecule has 7 heteroatoms. The molecule has 0 radical (unpaired) electrons. The zero-order valence-corrected chi connectivity index (χ0v) is 16.2. The molecule has 136 valence electrons. The number of hydrogen-bond donors (Lipinski definition) is 1. The van der Waals surface area contributed by atoms with Crippen LogP contribution in [0, 0.1) is 18.8 Å². The van der Waals surface area contributed by atoms with E-state index in [1.165, 1.54) is 31.2 Å². The minimum absolute atomic E-state index is 0.554. The van der Waals surface area contributed by atoms with Crippen molar-refractivity contribution in [3.8, 4) is 17.7 Å². The van der Waals surface area contributed by atoms with Gasteiger partial charge in [0.15, 0.2) is 0 Å². The van der Waals surface area contributed by atoms with Crippen LogP contribution in [0.2, 0.25) is 0 Å². The number of piperidine rings is 1. The SMILES string of the molecule is COc1ncc(C#Cc2c(C)ncnc2N2CCCCC2)cc1NSC. The molecule has 3 rings (SSSR count). The van der Waals surface area contributed by atoms with Crippen LogP contribution in [0.3, 0.4) is 0 Å². The lowest BCUT2D eigenvalue weighted by molar-refractivity contribution is 0.400. The monoisotopic (exact) mass is 369 g/mol. The number of nitrogens with zero attached hydrogens (tertiary/aromatic N) is 4. The number of aryl methyl sites for hydroxylation is 1. The van der Waals surface area contributed by atoms with E-state index in [0.717, 1.165) is 41.4 Å². The van der Waals surface area contributed by atoms with Crippen molar-refractivity contribution in [3.05, 3.63) is 35.4 Å². The zero-order valence-electron chi connectivity index (χ0n) is 15.4. The topological polar surface area (TPSA) is 63.2 Å². The van der Waals surface area contributed by atoms with Crippen LogP contribution in [0.5, 0.6) is 5.88 Å². The van der Waals surface area contributed by atoms with Gasteiger partial charge in [-0.2, -0.15) is 0 Å². The fraction of sp³-hybridized carbons (Fsp3) is 0.421. The molecular weight excluding hydrogens is 346 g/mol. The maximum Gasteiger partial charge on any atom is 0.238 e. The molecule has 0 amide bonds. The highest BCUT2D eigenvalue weighted by Crippen LogP contribution is 2.25. The van der Waals surface area contributed by atoms with Gasteiger partial charge in [-0.05, 0) is 32.3 Å². The van der Waals surface area contributed by atoms with E-state index in [-0.39, 0.29) is 0 Å². The molecule has 0 unspecified atom stereocenters. The Morgan fingerprint density at radius 3 is 2.69 bits per heavy atom. The lowest BCUT2D eigenvalue weighted by Crippen LogP contribution is -2.31. The first-order valence-electron chi connectivity index (χ1n) is 8.64. The van der Waals surface area contributed by atoms with Crippen LogP contribution >= 0.6 is 11.9 Å². The highest BCUT2D eigenvalue weighted by atomic mass is 32.2. The molecule has 26 heavy (non-hydrogen) atoms. The maximum atomic E-state index is 5.27. The Labute approximate surface area is 158 Å². The van der Waals surface area contributed by atoms with Gasteiger partial charge in [0.2, 0.25) is 5.88 Å². The van der Waals surface area contributed by atoms with E-state index < -0.39 is 0 Å². The average Bonchev–Trinajstić information content (AvgIpc) is 2.68. The van der Waals surface area contributed by atoms with E-state index in [4.69, 9.17) is 4.74 Å². The summed E-state index contributed by atoms with van der Waals surface area (Å²) in [5, 5.41) is 0. The van der Waals surface area contributed by atoms with Gasteiger partial charge < -0.3 is 14.4 Å². The summed E-state index contributed by atoms with van der Waals surface area (Å²) in [6.45, 7) is 4.03. The van der Waals surface area contributed by atoms with Crippen LogP contribution < -0.4 is 14.4 Å². The third kappa shape index (κ3) is 4.20. The number of nitrogens with one attached hydrogen (secondary N) is 1. The van der Waals surface area contributed by atoms with Gasteiger partial charge in [0, 0.05) is 31.1 Å². The fourth-order valence-corrected chi connectivity index (χ4v) is 3.32. The second-order valence-corrected chi connectivity index (χ2v) is 6.65. The van der Waals surface area contributed by atoms with Crippen molar-refractivity contribution in [2.45, 2.75) is 26.2 Å². The Bertz CT molecular complexity index is 824. The number of aromatic nitrogens is 3. The summed E-state index contributed by atoms with van der Waals surface area (Å²) >= 11 is 1.49. The first-order valence-corrected chi connectivity index (χ1v) is 9.87. The molecule has 0 atom stereocenters. The maximum absolute atomic E-state index is 5.27. The Balaban J connectivity index is 1.94. The molecule has 2 aromatic heterocycles. The number of ether oxygens (including phenoxy) is 1. The minimum Gasteiger partial charge on any atom is -0.480 e. The van der Waals surface area contributed by atoms with Crippen molar-refractivity contribution < 1.29 is 4.74 Å². The molecule has 1 fully saturated rings. The van der Waals surface area contributed by atoms with E-state index in [2.05, 4.69) is 36.4 Å². The number of rotatable bonds is 4. The van der Waals surface area contributed by atoms with E-state index >= 15 is 0 Å². The Kier molecular flexibility index (Phi) is 6.18. The number of anilines is 2. The highest BCUT2D eigenvalue weighted by Gasteiger charge is 2.16. The van der Waals surface area contributed by atoms with Crippen molar-refractivity contribution in [1.82, 2.24) is 15.0 Å². The molecule has 1 N–H and O–H groups in total. The summed E-state index contributed by atoms with van der Waals surface area (Å²) in [4.78, 5) is 15.5. The minimum atomic E-state index is 0.554. The largest absolute Gasteiger partial charge is 0.480 e. The van der Waals surface area contributed by atoms with Gasteiger partial charge >= 0.3 is 0 Å². The highest BCUT2D eigenvalue weighted by molar-refractivity contribution is 7.99. The van der Waals surface area contributed by atoms with Crippen LogP contribution in [0.25, 0.3) is 0 Å². The molecule has 3 heterocycles. The smallest absolute Gasteiger partial charge is 0.238 e. The lowest BCUT2D eigenvalue weighted by Gasteiger charge is -2.28. The number of methoxy groups -OCH3 is 1. The summed E-state index contributed by atoms with van der Waals surface area (Å²) in [5.41, 5.74) is 3.42. The molecular formula is C19H23N5OS. The van der Waals surface area contributed by atoms with Gasteiger partial charge in [-0.25, -0.2) is 15.0 Å². The van der Waals surface area contributed by atoms with Crippen molar-refractivity contribution in [1.29, 1.82) is 0 Å². The van der Waals surface area contributed by atoms with Gasteiger partial charge in [0.05, 0.1) is 18.4 Å². The molecule has 1 aliphatic rings. The van der Waals surface area contributed by atoms with Gasteiger partial charge in [-0.15, -0.1) is 0 Å². The van der Waals surface area contributed by atoms with Gasteiger partial charge in [-0.3, -0.25) is 0 Å². The van der Waals surface area contributed by atoms with Crippen LogP contribution in [-0.4, -0.2) is 41.4 Å². The summed E-state index contributed by atoms with van der Waals surface area (Å²) in [7, 11) is 1.61. The summed E-state index contributed by atoms with van der Waals surface area (Å²) < 4.78 is 8.44. The van der Waals surface area contributed by atoms with Crippen LogP contribution in [0.15, 0.2) is 18.6 Å². The van der Waals surface area contributed by atoms with Crippen LogP contribution in [0.1, 0.15) is 36.1 Å². The molecule has 1 aliphatic heterocycles. The molecule has 2 aromatic rings. The fourth-order valence-electron chi connectivity index (χ4n) is 2.95. The third-order valence-corrected chi connectivity index (χ3v) is 4.68. The van der Waals surface area contributed by atoms with Crippen molar-refractivity contribution in [2.75, 3.05) is 36.1 Å².